The van der Waals surface area contributed by atoms with E-state index in [1.54, 1.807) is 0 Å². The van der Waals surface area contributed by atoms with E-state index >= 15 is 0 Å². The standard InChI is InChI=1S/C22H21F2IN5/c1-11-7-17(28-20(26)27-11)22-10-25-9-13(21(22,2)3)12-8-16(29-30-19(12)22)18-14(23)5-4-6-15(18)24/h4-8,13H,9-10H2,1-3H3,(H2,26,27,28)/q-1/t13-,22-/m0/s1. The van der Waals surface area contributed by atoms with E-state index in [9.17, 15) is 8.78 Å². The quantitative estimate of drug-likeness (QED) is 0.396. The van der Waals surface area contributed by atoms with Crippen LogP contribution in [0.15, 0.2) is 30.3 Å². The van der Waals surface area contributed by atoms with E-state index in [0.717, 1.165) is 31.5 Å². The minimum absolute atomic E-state index is 0.101. The molecule has 156 valence electrons. The molecule has 2 aliphatic rings. The Hall–Kier alpha value is -2.23. The van der Waals surface area contributed by atoms with Gasteiger partial charge in [-0.25, -0.2) is 0 Å². The number of fused-ring (bicyclic) bond motifs is 5. The molecule has 2 atom stereocenters. The Morgan fingerprint density at radius 2 is 1.83 bits per heavy atom. The number of nitrogens with zero attached hydrogens (tertiary/aromatic N) is 4. The van der Waals surface area contributed by atoms with Gasteiger partial charge < -0.3 is 0 Å². The van der Waals surface area contributed by atoms with Crippen LogP contribution in [0.1, 0.15) is 42.4 Å². The third-order valence-electron chi connectivity index (χ3n) is 6.66. The van der Waals surface area contributed by atoms with E-state index in [1.165, 1.54) is 18.2 Å². The second kappa shape index (κ2) is 6.63. The fourth-order valence-corrected chi connectivity index (χ4v) is 10.1. The number of hydrogen-bond donors (Lipinski definition) is 1. The Bertz CT molecular complexity index is 1140. The fraction of sp³-hybridized carbons (Fsp3) is 0.364. The molecule has 8 heteroatoms. The number of halogens is 3. The van der Waals surface area contributed by atoms with Crippen molar-refractivity contribution >= 4 is 5.95 Å². The second-order valence-electron chi connectivity index (χ2n) is 8.54. The van der Waals surface area contributed by atoms with Crippen molar-refractivity contribution in [2.75, 3.05) is 14.6 Å². The van der Waals surface area contributed by atoms with Crippen LogP contribution in [0.2, 0.25) is 0 Å². The van der Waals surface area contributed by atoms with Crippen molar-refractivity contribution in [3.05, 3.63) is 64.6 Å². The average Bonchev–Trinajstić information content (AvgIpc) is 2.78. The van der Waals surface area contributed by atoms with Crippen molar-refractivity contribution < 1.29 is 30.0 Å². The molecule has 2 aromatic heterocycles. The van der Waals surface area contributed by atoms with Crippen LogP contribution in [0.5, 0.6) is 0 Å². The first kappa shape index (κ1) is 19.7. The first-order valence-corrected chi connectivity index (χ1v) is 12.8. The number of nitrogens with two attached hydrogens (primary N) is 1. The van der Waals surface area contributed by atoms with Crippen molar-refractivity contribution in [3.8, 4) is 11.3 Å². The summed E-state index contributed by atoms with van der Waals surface area (Å²) < 4.78 is 30.9. The van der Waals surface area contributed by atoms with Gasteiger partial charge in [-0.05, 0) is 0 Å². The van der Waals surface area contributed by atoms with Gasteiger partial charge >= 0.3 is 184 Å². The molecule has 1 fully saturated rings. The Labute approximate surface area is 183 Å². The van der Waals surface area contributed by atoms with Crippen LogP contribution in [0, 0.1) is 24.0 Å². The van der Waals surface area contributed by atoms with Gasteiger partial charge in [0.15, 0.2) is 0 Å². The first-order valence-electron chi connectivity index (χ1n) is 9.73. The first-order chi connectivity index (χ1) is 14.3. The molecule has 2 bridgehead atoms. The van der Waals surface area contributed by atoms with Gasteiger partial charge in [0.25, 0.3) is 0 Å². The van der Waals surface area contributed by atoms with Crippen molar-refractivity contribution in [2.45, 2.75) is 32.1 Å². The molecule has 0 saturated carbocycles. The van der Waals surface area contributed by atoms with Crippen molar-refractivity contribution in [3.63, 3.8) is 0 Å². The Morgan fingerprint density at radius 3 is 2.53 bits per heavy atom. The third-order valence-corrected chi connectivity index (χ3v) is 9.85. The maximum atomic E-state index is 14.4. The predicted molar refractivity (Wildman–Crippen MR) is 106 cm³/mol. The monoisotopic (exact) mass is 520 g/mol. The molecule has 5 nitrogen and oxygen atoms in total. The molecule has 1 saturated heterocycles. The maximum absolute atomic E-state index is 14.4. The zero-order valence-electron chi connectivity index (χ0n) is 16.9. The number of nitrogen functional groups attached to an aromatic ring is 1. The summed E-state index contributed by atoms with van der Waals surface area (Å²) in [7, 11) is 0. The normalized spacial score (nSPS) is 24.2. The van der Waals surface area contributed by atoms with E-state index < -0.39 is 17.0 Å². The van der Waals surface area contributed by atoms with E-state index in [-0.39, 0.29) is 49.7 Å². The summed E-state index contributed by atoms with van der Waals surface area (Å²) in [5.74, 6) is -0.784. The zero-order chi connectivity index (χ0) is 21.3. The molecule has 1 aliphatic carbocycles. The fourth-order valence-electron chi connectivity index (χ4n) is 5.01. The topological polar surface area (TPSA) is 77.6 Å². The zero-order valence-corrected chi connectivity index (χ0v) is 19.0. The van der Waals surface area contributed by atoms with Gasteiger partial charge in [0.1, 0.15) is 0 Å². The summed E-state index contributed by atoms with van der Waals surface area (Å²) in [5.41, 5.74) is 9.10. The Balaban J connectivity index is 1.77. The van der Waals surface area contributed by atoms with E-state index in [1.807, 2.05) is 19.1 Å². The van der Waals surface area contributed by atoms with Gasteiger partial charge in [-0.1, -0.05) is 0 Å². The summed E-state index contributed by atoms with van der Waals surface area (Å²) >= 11 is -0.101. The van der Waals surface area contributed by atoms with Crippen LogP contribution in [0.25, 0.3) is 11.3 Å². The SMILES string of the molecule is Cc1cc([C@@]23C[I-]C[C@@H](c4cc(-c5c(F)cccc5F)nnc42)C3(C)C)nc(N)n1. The van der Waals surface area contributed by atoms with Gasteiger partial charge in [0.2, 0.25) is 0 Å². The predicted octanol–water partition coefficient (Wildman–Crippen LogP) is 0.615. The van der Waals surface area contributed by atoms with Crippen LogP contribution in [0.4, 0.5) is 14.7 Å². The number of benzene rings is 1. The third kappa shape index (κ3) is 2.55. The van der Waals surface area contributed by atoms with Gasteiger partial charge in [-0.2, -0.15) is 0 Å². The number of anilines is 1. The molecule has 0 amide bonds. The molecule has 5 rings (SSSR count). The summed E-state index contributed by atoms with van der Waals surface area (Å²) in [5, 5.41) is 8.89. The minimum atomic E-state index is -0.634. The molecule has 0 radical (unpaired) electrons. The van der Waals surface area contributed by atoms with Gasteiger partial charge in [0.05, 0.1) is 0 Å². The molecular formula is C22H21F2IN5-. The van der Waals surface area contributed by atoms with Crippen LogP contribution in [-0.4, -0.2) is 29.0 Å². The molecule has 1 aliphatic heterocycles. The number of aromatic nitrogens is 4. The number of hydrogen-bond acceptors (Lipinski definition) is 5. The molecule has 2 N–H and O–H groups in total. The summed E-state index contributed by atoms with van der Waals surface area (Å²) in [4.78, 5) is 8.87. The van der Waals surface area contributed by atoms with Crippen LogP contribution in [0.3, 0.4) is 0 Å². The second-order valence-corrected chi connectivity index (χ2v) is 11.3. The van der Waals surface area contributed by atoms with E-state index in [4.69, 9.17) is 5.73 Å². The van der Waals surface area contributed by atoms with E-state index in [2.05, 4.69) is 34.0 Å². The molecule has 3 aromatic rings. The van der Waals surface area contributed by atoms with Gasteiger partial charge in [-0.3, -0.25) is 0 Å². The van der Waals surface area contributed by atoms with Crippen molar-refractivity contribution in [1.82, 2.24) is 20.2 Å². The summed E-state index contributed by atoms with van der Waals surface area (Å²) in [6.45, 7) is 6.38. The van der Waals surface area contributed by atoms with Crippen LogP contribution in [-0.2, 0) is 5.41 Å². The van der Waals surface area contributed by atoms with Crippen LogP contribution < -0.4 is 26.9 Å². The molecule has 0 unspecified atom stereocenters. The number of alkyl halides is 2. The van der Waals surface area contributed by atoms with Crippen molar-refractivity contribution in [1.29, 1.82) is 0 Å². The summed E-state index contributed by atoms with van der Waals surface area (Å²) in [6.07, 6.45) is 0. The molecule has 3 heterocycles. The molecule has 1 aromatic carbocycles. The number of rotatable bonds is 2. The molecule has 30 heavy (non-hydrogen) atoms. The van der Waals surface area contributed by atoms with Gasteiger partial charge in [0, 0.05) is 0 Å². The van der Waals surface area contributed by atoms with Crippen molar-refractivity contribution in [2.24, 2.45) is 5.41 Å². The van der Waals surface area contributed by atoms with E-state index in [0.29, 0.717) is 0 Å². The molecule has 0 spiro atoms. The molecular weight excluding hydrogens is 499 g/mol. The summed E-state index contributed by atoms with van der Waals surface area (Å²) in [6, 6.07) is 7.67. The Kier molecular flexibility index (Phi) is 4.36. The average molecular weight is 520 g/mol. The number of aryl methyl sites for hydroxylation is 1. The van der Waals surface area contributed by atoms with Gasteiger partial charge in [-0.15, -0.1) is 0 Å². The Morgan fingerprint density at radius 1 is 1.10 bits per heavy atom. The van der Waals surface area contributed by atoms with Crippen LogP contribution >= 0.6 is 0 Å².